The number of nitrogens with zero attached hydrogens (tertiary/aromatic N) is 1. The summed E-state index contributed by atoms with van der Waals surface area (Å²) in [6.07, 6.45) is 1.77. The van der Waals surface area contributed by atoms with Crippen LogP contribution in [0.25, 0.3) is 0 Å². The molecule has 18 heavy (non-hydrogen) atoms. The van der Waals surface area contributed by atoms with Crippen LogP contribution in [0.2, 0.25) is 0 Å². The maximum atomic E-state index is 10.8. The number of nitrogens with one attached hydrogen (secondary N) is 1. The van der Waals surface area contributed by atoms with Gasteiger partial charge in [0.15, 0.2) is 0 Å². The summed E-state index contributed by atoms with van der Waals surface area (Å²) in [5.74, 6) is -0.236. The number of aryl methyl sites for hydroxylation is 1. The molecule has 0 fully saturated rings. The predicted molar refractivity (Wildman–Crippen MR) is 73.4 cm³/mol. The minimum absolute atomic E-state index is 0.240. The fourth-order valence-electron chi connectivity index (χ4n) is 1.43. The quantitative estimate of drug-likeness (QED) is 0.909. The van der Waals surface area contributed by atoms with E-state index in [1.54, 1.807) is 24.4 Å². The van der Waals surface area contributed by atoms with E-state index < -0.39 is 5.97 Å². The Labute approximate surface area is 113 Å². The van der Waals surface area contributed by atoms with Gasteiger partial charge in [-0.05, 0) is 52.7 Å². The first kappa shape index (κ1) is 12.6. The molecule has 92 valence electrons. The van der Waals surface area contributed by atoms with Crippen molar-refractivity contribution < 1.29 is 9.90 Å². The Balaban J connectivity index is 2.24. The van der Waals surface area contributed by atoms with E-state index in [0.29, 0.717) is 10.3 Å². The number of carboxylic acid groups (broad SMARTS) is 1. The number of benzene rings is 1. The number of aromatic carboxylic acids is 1. The summed E-state index contributed by atoms with van der Waals surface area (Å²) in [4.78, 5) is 15.0. The highest BCUT2D eigenvalue weighted by Crippen LogP contribution is 2.26. The minimum Gasteiger partial charge on any atom is -0.478 e. The van der Waals surface area contributed by atoms with Gasteiger partial charge in [-0.2, -0.15) is 0 Å². The molecule has 5 heteroatoms. The van der Waals surface area contributed by atoms with Crippen LogP contribution in [-0.4, -0.2) is 16.1 Å². The Morgan fingerprint density at radius 2 is 2.11 bits per heavy atom. The SMILES string of the molecule is Cc1ccc(Nc2ccc(C(=O)O)cc2Br)nc1. The first-order valence-electron chi connectivity index (χ1n) is 5.29. The first-order valence-corrected chi connectivity index (χ1v) is 6.08. The van der Waals surface area contributed by atoms with Crippen LogP contribution in [0.4, 0.5) is 11.5 Å². The topological polar surface area (TPSA) is 62.2 Å². The summed E-state index contributed by atoms with van der Waals surface area (Å²) in [6, 6.07) is 8.62. The molecule has 0 saturated heterocycles. The maximum absolute atomic E-state index is 10.8. The van der Waals surface area contributed by atoms with E-state index in [1.807, 2.05) is 19.1 Å². The molecule has 1 aromatic heterocycles. The van der Waals surface area contributed by atoms with Crippen molar-refractivity contribution in [3.8, 4) is 0 Å². The third-order valence-electron chi connectivity index (χ3n) is 2.39. The van der Waals surface area contributed by atoms with Gasteiger partial charge in [0.25, 0.3) is 0 Å². The molecule has 0 saturated carbocycles. The van der Waals surface area contributed by atoms with Gasteiger partial charge < -0.3 is 10.4 Å². The summed E-state index contributed by atoms with van der Waals surface area (Å²) < 4.78 is 0.685. The lowest BCUT2D eigenvalue weighted by Gasteiger charge is -2.08. The second kappa shape index (κ2) is 5.18. The van der Waals surface area contributed by atoms with Gasteiger partial charge in [0, 0.05) is 10.7 Å². The number of hydrogen-bond acceptors (Lipinski definition) is 3. The third kappa shape index (κ3) is 2.87. The standard InChI is InChI=1S/C13H11BrN2O2/c1-8-2-5-12(15-7-8)16-11-4-3-9(13(17)18)6-10(11)14/h2-7H,1H3,(H,15,16)(H,17,18). The number of rotatable bonds is 3. The molecular formula is C13H11BrN2O2. The molecule has 2 aromatic rings. The molecule has 2 N–H and O–H groups in total. The fraction of sp³-hybridized carbons (Fsp3) is 0.0769. The van der Waals surface area contributed by atoms with E-state index in [2.05, 4.69) is 26.2 Å². The zero-order valence-corrected chi connectivity index (χ0v) is 11.2. The number of pyridine rings is 1. The van der Waals surface area contributed by atoms with E-state index in [-0.39, 0.29) is 5.56 Å². The number of hydrogen-bond donors (Lipinski definition) is 2. The Kier molecular flexibility index (Phi) is 3.62. The number of aromatic nitrogens is 1. The van der Waals surface area contributed by atoms with Crippen LogP contribution in [0.1, 0.15) is 15.9 Å². The van der Waals surface area contributed by atoms with Gasteiger partial charge in [-0.15, -0.1) is 0 Å². The smallest absolute Gasteiger partial charge is 0.335 e. The molecular weight excluding hydrogens is 296 g/mol. The van der Waals surface area contributed by atoms with Crippen molar-refractivity contribution >= 4 is 33.4 Å². The molecule has 4 nitrogen and oxygen atoms in total. The van der Waals surface area contributed by atoms with Crippen molar-refractivity contribution in [3.63, 3.8) is 0 Å². The van der Waals surface area contributed by atoms with Crippen LogP contribution >= 0.6 is 15.9 Å². The Morgan fingerprint density at radius 3 is 2.67 bits per heavy atom. The molecule has 1 heterocycles. The maximum Gasteiger partial charge on any atom is 0.335 e. The lowest BCUT2D eigenvalue weighted by molar-refractivity contribution is 0.0697. The van der Waals surface area contributed by atoms with E-state index in [9.17, 15) is 4.79 Å². The summed E-state index contributed by atoms with van der Waals surface area (Å²) in [5, 5.41) is 12.0. The van der Waals surface area contributed by atoms with E-state index in [0.717, 1.165) is 11.3 Å². The van der Waals surface area contributed by atoms with E-state index >= 15 is 0 Å². The highest BCUT2D eigenvalue weighted by molar-refractivity contribution is 9.10. The van der Waals surface area contributed by atoms with Gasteiger partial charge in [-0.3, -0.25) is 0 Å². The van der Waals surface area contributed by atoms with Gasteiger partial charge in [0.2, 0.25) is 0 Å². The van der Waals surface area contributed by atoms with Crippen molar-refractivity contribution in [2.75, 3.05) is 5.32 Å². The number of carboxylic acids is 1. The Morgan fingerprint density at radius 1 is 1.33 bits per heavy atom. The highest BCUT2D eigenvalue weighted by Gasteiger charge is 2.07. The molecule has 0 unspecified atom stereocenters. The average Bonchev–Trinajstić information content (AvgIpc) is 2.34. The van der Waals surface area contributed by atoms with Crippen LogP contribution in [0.5, 0.6) is 0 Å². The van der Waals surface area contributed by atoms with E-state index in [1.165, 1.54) is 0 Å². The molecule has 0 amide bonds. The largest absolute Gasteiger partial charge is 0.478 e. The van der Waals surface area contributed by atoms with Crippen molar-refractivity contribution in [1.82, 2.24) is 4.98 Å². The molecule has 0 aliphatic heterocycles. The van der Waals surface area contributed by atoms with Crippen LogP contribution in [-0.2, 0) is 0 Å². The Hall–Kier alpha value is -1.88. The fourth-order valence-corrected chi connectivity index (χ4v) is 1.91. The average molecular weight is 307 g/mol. The van der Waals surface area contributed by atoms with Crippen LogP contribution < -0.4 is 5.32 Å². The molecule has 0 aliphatic rings. The van der Waals surface area contributed by atoms with Crippen molar-refractivity contribution in [1.29, 1.82) is 0 Å². The second-order valence-electron chi connectivity index (χ2n) is 3.85. The zero-order chi connectivity index (χ0) is 13.1. The Bertz CT molecular complexity index is 582. The minimum atomic E-state index is -0.948. The van der Waals surface area contributed by atoms with Gasteiger partial charge in [-0.1, -0.05) is 6.07 Å². The number of halogens is 1. The summed E-state index contributed by atoms with van der Waals surface area (Å²) in [6.45, 7) is 1.97. The molecule has 0 bridgehead atoms. The molecule has 0 radical (unpaired) electrons. The molecule has 2 rings (SSSR count). The number of anilines is 2. The summed E-state index contributed by atoms with van der Waals surface area (Å²) >= 11 is 3.33. The summed E-state index contributed by atoms with van der Waals surface area (Å²) in [5.41, 5.74) is 2.10. The van der Waals surface area contributed by atoms with Gasteiger partial charge >= 0.3 is 5.97 Å². The predicted octanol–water partition coefficient (Wildman–Crippen LogP) is 3.59. The van der Waals surface area contributed by atoms with Crippen LogP contribution in [0, 0.1) is 6.92 Å². The van der Waals surface area contributed by atoms with Gasteiger partial charge in [0.05, 0.1) is 11.3 Å². The van der Waals surface area contributed by atoms with Crippen LogP contribution in [0.3, 0.4) is 0 Å². The van der Waals surface area contributed by atoms with E-state index in [4.69, 9.17) is 5.11 Å². The van der Waals surface area contributed by atoms with Gasteiger partial charge in [0.1, 0.15) is 5.82 Å². The molecule has 0 aliphatic carbocycles. The van der Waals surface area contributed by atoms with Crippen molar-refractivity contribution in [3.05, 3.63) is 52.1 Å². The lowest BCUT2D eigenvalue weighted by Crippen LogP contribution is -1.98. The van der Waals surface area contributed by atoms with Gasteiger partial charge in [-0.25, -0.2) is 9.78 Å². The monoisotopic (exact) mass is 306 g/mol. The number of carbonyl (C=O) groups is 1. The molecule has 0 atom stereocenters. The lowest BCUT2D eigenvalue weighted by atomic mass is 10.2. The summed E-state index contributed by atoms with van der Waals surface area (Å²) in [7, 11) is 0. The molecule has 0 spiro atoms. The first-order chi connectivity index (χ1) is 8.56. The normalized spacial score (nSPS) is 10.1. The highest BCUT2D eigenvalue weighted by atomic mass is 79.9. The molecule has 1 aromatic carbocycles. The van der Waals surface area contributed by atoms with Crippen molar-refractivity contribution in [2.24, 2.45) is 0 Å². The third-order valence-corrected chi connectivity index (χ3v) is 3.05. The van der Waals surface area contributed by atoms with Crippen molar-refractivity contribution in [2.45, 2.75) is 6.92 Å². The second-order valence-corrected chi connectivity index (χ2v) is 4.70. The zero-order valence-electron chi connectivity index (χ0n) is 9.64. The van der Waals surface area contributed by atoms with Crippen LogP contribution in [0.15, 0.2) is 41.0 Å².